The van der Waals surface area contributed by atoms with Crippen molar-refractivity contribution in [1.82, 2.24) is 0 Å². The van der Waals surface area contributed by atoms with Crippen molar-refractivity contribution in [2.24, 2.45) is 0 Å². The molecule has 0 spiro atoms. The van der Waals surface area contributed by atoms with E-state index in [1.54, 1.807) is 19.1 Å². The molecule has 0 fully saturated rings. The maximum atomic E-state index is 13.3. The smallest absolute Gasteiger partial charge is 0.124 e. The van der Waals surface area contributed by atoms with Crippen molar-refractivity contribution in [1.29, 1.82) is 0 Å². The second-order valence-electron chi connectivity index (χ2n) is 4.49. The maximum Gasteiger partial charge on any atom is 0.124 e. The van der Waals surface area contributed by atoms with Gasteiger partial charge in [0.1, 0.15) is 11.6 Å². The molecule has 1 atom stereocenters. The molecule has 1 N–H and O–H groups in total. The lowest BCUT2D eigenvalue weighted by atomic mass is 9.98. The molecule has 2 aromatic carbocycles. The summed E-state index contributed by atoms with van der Waals surface area (Å²) in [6.45, 7) is 1.78. The van der Waals surface area contributed by atoms with E-state index in [-0.39, 0.29) is 5.82 Å². The number of hydrogen-bond acceptors (Lipinski definition) is 1. The summed E-state index contributed by atoms with van der Waals surface area (Å²) in [5, 5.41) is 10.1. The van der Waals surface area contributed by atoms with Gasteiger partial charge in [0.05, 0.1) is 6.10 Å². The highest BCUT2D eigenvalue weighted by Gasteiger charge is 2.12. The van der Waals surface area contributed by atoms with E-state index in [0.717, 1.165) is 11.1 Å². The predicted molar refractivity (Wildman–Crippen MR) is 73.9 cm³/mol. The summed E-state index contributed by atoms with van der Waals surface area (Å²) < 4.78 is 26.8. The van der Waals surface area contributed by atoms with Crippen LogP contribution in [0.1, 0.15) is 22.8 Å². The summed E-state index contributed by atoms with van der Waals surface area (Å²) in [6, 6.07) is 8.72. The van der Waals surface area contributed by atoms with Crippen molar-refractivity contribution < 1.29 is 13.9 Å². The van der Waals surface area contributed by atoms with Crippen LogP contribution in [-0.2, 0) is 6.42 Å². The topological polar surface area (TPSA) is 20.2 Å². The van der Waals surface area contributed by atoms with E-state index in [2.05, 4.69) is 15.9 Å². The van der Waals surface area contributed by atoms with Crippen LogP contribution in [0.25, 0.3) is 0 Å². The molecule has 2 aromatic rings. The molecule has 0 bridgehead atoms. The van der Waals surface area contributed by atoms with E-state index in [0.29, 0.717) is 16.5 Å². The van der Waals surface area contributed by atoms with Gasteiger partial charge < -0.3 is 5.11 Å². The molecule has 100 valence electrons. The molecule has 0 aliphatic heterocycles. The Kier molecular flexibility index (Phi) is 4.32. The predicted octanol–water partition coefficient (Wildman–Crippen LogP) is 4.31. The van der Waals surface area contributed by atoms with E-state index in [1.165, 1.54) is 24.3 Å². The number of hydrogen-bond donors (Lipinski definition) is 1. The van der Waals surface area contributed by atoms with Crippen molar-refractivity contribution in [3.8, 4) is 0 Å². The fourth-order valence-electron chi connectivity index (χ4n) is 1.98. The van der Waals surface area contributed by atoms with Gasteiger partial charge in [-0.15, -0.1) is 0 Å². The van der Waals surface area contributed by atoms with E-state index in [4.69, 9.17) is 0 Å². The van der Waals surface area contributed by atoms with Gasteiger partial charge in [-0.05, 0) is 53.9 Å². The van der Waals surface area contributed by atoms with E-state index >= 15 is 0 Å². The average Bonchev–Trinajstić information content (AvgIpc) is 2.31. The Bertz CT molecular complexity index is 578. The van der Waals surface area contributed by atoms with Gasteiger partial charge >= 0.3 is 0 Å². The third-order valence-electron chi connectivity index (χ3n) is 2.99. The number of aliphatic hydroxyl groups excluding tert-OH is 1. The molecule has 1 nitrogen and oxygen atoms in total. The van der Waals surface area contributed by atoms with Crippen LogP contribution in [0.4, 0.5) is 8.78 Å². The molecular weight excluding hydrogens is 314 g/mol. The van der Waals surface area contributed by atoms with Crippen LogP contribution in [0.3, 0.4) is 0 Å². The van der Waals surface area contributed by atoms with Crippen molar-refractivity contribution in [2.45, 2.75) is 19.4 Å². The van der Waals surface area contributed by atoms with Crippen LogP contribution in [0.15, 0.2) is 40.9 Å². The fourth-order valence-corrected chi connectivity index (χ4v) is 2.47. The lowest BCUT2D eigenvalue weighted by Gasteiger charge is -2.13. The van der Waals surface area contributed by atoms with Gasteiger partial charge in [0.25, 0.3) is 0 Å². The first kappa shape index (κ1) is 14.2. The molecule has 0 amide bonds. The summed E-state index contributed by atoms with van der Waals surface area (Å²) >= 11 is 3.19. The molecular formula is C15H13BrF2O. The standard InChI is InChI=1S/C15H13BrF2O/c1-9-4-13(17)3-2-10(9)7-15(19)11-5-12(16)8-14(18)6-11/h2-6,8,15,19H,7H2,1H3. The van der Waals surface area contributed by atoms with Crippen molar-refractivity contribution >= 4 is 15.9 Å². The molecule has 4 heteroatoms. The summed E-state index contributed by atoms with van der Waals surface area (Å²) in [6.07, 6.45) is -0.502. The highest BCUT2D eigenvalue weighted by molar-refractivity contribution is 9.10. The Balaban J connectivity index is 2.22. The van der Waals surface area contributed by atoms with Gasteiger partial charge in [-0.2, -0.15) is 0 Å². The maximum absolute atomic E-state index is 13.3. The molecule has 1 unspecified atom stereocenters. The lowest BCUT2D eigenvalue weighted by Crippen LogP contribution is -2.04. The van der Waals surface area contributed by atoms with Gasteiger partial charge in [0.15, 0.2) is 0 Å². The Morgan fingerprint density at radius 3 is 2.47 bits per heavy atom. The minimum atomic E-state index is -0.823. The molecule has 0 radical (unpaired) electrons. The zero-order valence-corrected chi connectivity index (χ0v) is 11.9. The SMILES string of the molecule is Cc1cc(F)ccc1CC(O)c1cc(F)cc(Br)c1. The third kappa shape index (κ3) is 3.61. The first-order valence-corrected chi connectivity index (χ1v) is 6.64. The summed E-state index contributed by atoms with van der Waals surface area (Å²) in [7, 11) is 0. The summed E-state index contributed by atoms with van der Waals surface area (Å²) in [5.74, 6) is -0.705. The molecule has 0 aromatic heterocycles. The number of rotatable bonds is 3. The van der Waals surface area contributed by atoms with E-state index in [9.17, 15) is 13.9 Å². The number of halogens is 3. The summed E-state index contributed by atoms with van der Waals surface area (Å²) in [4.78, 5) is 0. The van der Waals surface area contributed by atoms with Crippen LogP contribution >= 0.6 is 15.9 Å². The molecule has 0 heterocycles. The largest absolute Gasteiger partial charge is 0.388 e. The number of benzene rings is 2. The van der Waals surface area contributed by atoms with Gasteiger partial charge in [-0.25, -0.2) is 8.78 Å². The zero-order chi connectivity index (χ0) is 14.0. The molecule has 2 rings (SSSR count). The van der Waals surface area contributed by atoms with Gasteiger partial charge in [0.2, 0.25) is 0 Å². The highest BCUT2D eigenvalue weighted by atomic mass is 79.9. The van der Waals surface area contributed by atoms with Gasteiger partial charge in [0, 0.05) is 10.9 Å². The second-order valence-corrected chi connectivity index (χ2v) is 5.41. The number of aryl methyl sites for hydroxylation is 1. The molecule has 0 saturated heterocycles. The molecule has 0 aliphatic rings. The molecule has 0 saturated carbocycles. The monoisotopic (exact) mass is 326 g/mol. The average molecular weight is 327 g/mol. The van der Waals surface area contributed by atoms with Crippen LogP contribution in [0, 0.1) is 18.6 Å². The normalized spacial score (nSPS) is 12.5. The first-order chi connectivity index (χ1) is 8.95. The number of aliphatic hydroxyl groups is 1. The van der Waals surface area contributed by atoms with Crippen LogP contribution in [-0.4, -0.2) is 5.11 Å². The Labute approximate surface area is 119 Å². The quantitative estimate of drug-likeness (QED) is 0.891. The first-order valence-electron chi connectivity index (χ1n) is 5.85. The second kappa shape index (κ2) is 5.80. The zero-order valence-electron chi connectivity index (χ0n) is 10.3. The van der Waals surface area contributed by atoms with Crippen molar-refractivity contribution in [3.05, 3.63) is 69.2 Å². The van der Waals surface area contributed by atoms with Crippen LogP contribution in [0.2, 0.25) is 0 Å². The summed E-state index contributed by atoms with van der Waals surface area (Å²) in [5.41, 5.74) is 2.11. The minimum absolute atomic E-state index is 0.302. The van der Waals surface area contributed by atoms with E-state index in [1.807, 2.05) is 0 Å². The van der Waals surface area contributed by atoms with E-state index < -0.39 is 11.9 Å². The van der Waals surface area contributed by atoms with Crippen LogP contribution in [0.5, 0.6) is 0 Å². The molecule has 0 aliphatic carbocycles. The lowest BCUT2D eigenvalue weighted by molar-refractivity contribution is 0.177. The van der Waals surface area contributed by atoms with Crippen molar-refractivity contribution in [3.63, 3.8) is 0 Å². The van der Waals surface area contributed by atoms with Crippen LogP contribution < -0.4 is 0 Å². The van der Waals surface area contributed by atoms with Gasteiger partial charge in [-0.1, -0.05) is 22.0 Å². The van der Waals surface area contributed by atoms with Gasteiger partial charge in [-0.3, -0.25) is 0 Å². The minimum Gasteiger partial charge on any atom is -0.388 e. The highest BCUT2D eigenvalue weighted by Crippen LogP contribution is 2.24. The Hall–Kier alpha value is -1.26. The fraction of sp³-hybridized carbons (Fsp3) is 0.200. The molecule has 19 heavy (non-hydrogen) atoms. The Morgan fingerprint density at radius 2 is 1.84 bits per heavy atom. The van der Waals surface area contributed by atoms with Crippen molar-refractivity contribution in [2.75, 3.05) is 0 Å². The third-order valence-corrected chi connectivity index (χ3v) is 3.45. The Morgan fingerprint density at radius 1 is 1.11 bits per heavy atom.